The molecular formula is C13H16ClN3S. The lowest BCUT2D eigenvalue weighted by molar-refractivity contribution is 0.185. The Morgan fingerprint density at radius 2 is 2.39 bits per heavy atom. The Balaban J connectivity index is 1.81. The predicted molar refractivity (Wildman–Crippen MR) is 75.1 cm³/mol. The Hall–Kier alpha value is -0.840. The average Bonchev–Trinajstić information content (AvgIpc) is 2.95. The van der Waals surface area contributed by atoms with E-state index in [2.05, 4.69) is 28.3 Å². The van der Waals surface area contributed by atoms with Crippen LogP contribution in [0.3, 0.4) is 0 Å². The fourth-order valence-electron chi connectivity index (χ4n) is 2.53. The molecule has 3 nitrogen and oxygen atoms in total. The molecule has 1 atom stereocenters. The van der Waals surface area contributed by atoms with Crippen molar-refractivity contribution in [3.05, 3.63) is 39.1 Å². The van der Waals surface area contributed by atoms with Crippen molar-refractivity contribution >= 4 is 22.9 Å². The van der Waals surface area contributed by atoms with E-state index in [1.165, 1.54) is 10.4 Å². The monoisotopic (exact) mass is 281 g/mol. The summed E-state index contributed by atoms with van der Waals surface area (Å²) in [4.78, 5) is 8.38. The summed E-state index contributed by atoms with van der Waals surface area (Å²) in [6.07, 6.45) is 2.87. The molecule has 1 aliphatic rings. The van der Waals surface area contributed by atoms with Gasteiger partial charge in [0.05, 0.1) is 12.7 Å². The quantitative estimate of drug-likeness (QED) is 0.842. The first-order valence-corrected chi connectivity index (χ1v) is 7.39. The highest BCUT2D eigenvalue weighted by Crippen LogP contribution is 2.33. The summed E-state index contributed by atoms with van der Waals surface area (Å²) < 4.78 is 1.96. The van der Waals surface area contributed by atoms with E-state index in [0.29, 0.717) is 11.2 Å². The van der Waals surface area contributed by atoms with Gasteiger partial charge in [0.2, 0.25) is 0 Å². The maximum Gasteiger partial charge on any atom is 0.128 e. The SMILES string of the molecule is C[C@H]1c2ccsc2CCN1Cc1ncc(Cl)n1C. The van der Waals surface area contributed by atoms with E-state index in [9.17, 15) is 0 Å². The minimum absolute atomic E-state index is 0.468. The van der Waals surface area contributed by atoms with Crippen LogP contribution in [0.1, 0.15) is 29.2 Å². The van der Waals surface area contributed by atoms with Gasteiger partial charge in [-0.2, -0.15) is 0 Å². The highest BCUT2D eigenvalue weighted by molar-refractivity contribution is 7.10. The van der Waals surface area contributed by atoms with Gasteiger partial charge in [0, 0.05) is 24.5 Å². The van der Waals surface area contributed by atoms with Crippen LogP contribution in [0.15, 0.2) is 17.6 Å². The molecule has 2 aromatic heterocycles. The molecule has 2 aromatic rings. The molecule has 96 valence electrons. The van der Waals surface area contributed by atoms with Crippen LogP contribution in [0.25, 0.3) is 0 Å². The van der Waals surface area contributed by atoms with E-state index in [1.807, 2.05) is 23.0 Å². The maximum absolute atomic E-state index is 6.03. The first-order valence-electron chi connectivity index (χ1n) is 6.13. The zero-order chi connectivity index (χ0) is 12.7. The van der Waals surface area contributed by atoms with Crippen LogP contribution < -0.4 is 0 Å². The fraction of sp³-hybridized carbons (Fsp3) is 0.462. The van der Waals surface area contributed by atoms with Crippen LogP contribution >= 0.6 is 22.9 Å². The van der Waals surface area contributed by atoms with Gasteiger partial charge in [0.15, 0.2) is 0 Å². The number of imidazole rings is 1. The molecule has 5 heteroatoms. The summed E-state index contributed by atoms with van der Waals surface area (Å²) in [6.45, 7) is 4.23. The van der Waals surface area contributed by atoms with Gasteiger partial charge in [-0.3, -0.25) is 4.90 Å². The highest BCUT2D eigenvalue weighted by atomic mass is 35.5. The van der Waals surface area contributed by atoms with E-state index in [0.717, 1.165) is 25.3 Å². The molecule has 0 spiro atoms. The second-order valence-electron chi connectivity index (χ2n) is 4.75. The number of nitrogens with zero attached hydrogens (tertiary/aromatic N) is 3. The fourth-order valence-corrected chi connectivity index (χ4v) is 3.64. The smallest absolute Gasteiger partial charge is 0.128 e. The molecule has 0 saturated carbocycles. The lowest BCUT2D eigenvalue weighted by Gasteiger charge is -2.33. The van der Waals surface area contributed by atoms with E-state index in [-0.39, 0.29) is 0 Å². The first-order chi connectivity index (χ1) is 8.66. The van der Waals surface area contributed by atoms with Crippen molar-refractivity contribution in [2.75, 3.05) is 6.54 Å². The molecular weight excluding hydrogens is 266 g/mol. The van der Waals surface area contributed by atoms with Crippen molar-refractivity contribution in [2.45, 2.75) is 25.9 Å². The second kappa shape index (κ2) is 4.68. The average molecular weight is 282 g/mol. The Labute approximate surface area is 116 Å². The number of rotatable bonds is 2. The van der Waals surface area contributed by atoms with Gasteiger partial charge in [0.1, 0.15) is 11.0 Å². The molecule has 0 saturated heterocycles. The number of fused-ring (bicyclic) bond motifs is 1. The van der Waals surface area contributed by atoms with E-state index < -0.39 is 0 Å². The molecule has 0 fully saturated rings. The summed E-state index contributed by atoms with van der Waals surface area (Å²) in [6, 6.07) is 2.72. The summed E-state index contributed by atoms with van der Waals surface area (Å²) in [5.74, 6) is 1.03. The third kappa shape index (κ3) is 1.98. The van der Waals surface area contributed by atoms with Crippen LogP contribution in [0, 0.1) is 0 Å². The third-order valence-electron chi connectivity index (χ3n) is 3.78. The summed E-state index contributed by atoms with van der Waals surface area (Å²) in [5.41, 5.74) is 1.48. The standard InChI is InChI=1S/C13H16ClN3S/c1-9-10-4-6-18-11(10)3-5-17(9)8-13-15-7-12(14)16(13)2/h4,6-7,9H,3,5,8H2,1-2H3/t9-/m0/s1. The van der Waals surface area contributed by atoms with Crippen molar-refractivity contribution in [2.24, 2.45) is 7.05 Å². The summed E-state index contributed by atoms with van der Waals surface area (Å²) >= 11 is 7.91. The largest absolute Gasteiger partial charge is 0.321 e. The van der Waals surface area contributed by atoms with E-state index >= 15 is 0 Å². The number of hydrogen-bond donors (Lipinski definition) is 0. The molecule has 0 aromatic carbocycles. The molecule has 0 unspecified atom stereocenters. The Morgan fingerprint density at radius 1 is 1.56 bits per heavy atom. The van der Waals surface area contributed by atoms with Gasteiger partial charge in [-0.15, -0.1) is 11.3 Å². The molecule has 3 rings (SSSR count). The molecule has 0 N–H and O–H groups in total. The zero-order valence-corrected chi connectivity index (χ0v) is 12.1. The number of aromatic nitrogens is 2. The third-order valence-corrected chi connectivity index (χ3v) is 5.12. The normalized spacial score (nSPS) is 20.1. The van der Waals surface area contributed by atoms with Gasteiger partial charge < -0.3 is 4.57 Å². The Kier molecular flexibility index (Phi) is 3.18. The molecule has 0 bridgehead atoms. The number of hydrogen-bond acceptors (Lipinski definition) is 3. The van der Waals surface area contributed by atoms with Crippen molar-refractivity contribution in [1.29, 1.82) is 0 Å². The lowest BCUT2D eigenvalue weighted by Crippen LogP contribution is -2.33. The van der Waals surface area contributed by atoms with Crippen molar-refractivity contribution in [3.63, 3.8) is 0 Å². The van der Waals surface area contributed by atoms with Crippen LogP contribution in [0.4, 0.5) is 0 Å². The minimum Gasteiger partial charge on any atom is -0.321 e. The van der Waals surface area contributed by atoms with Gasteiger partial charge in [-0.05, 0) is 30.4 Å². The number of halogens is 1. The van der Waals surface area contributed by atoms with Crippen LogP contribution in [-0.4, -0.2) is 21.0 Å². The van der Waals surface area contributed by atoms with E-state index in [4.69, 9.17) is 11.6 Å². The molecule has 3 heterocycles. The highest BCUT2D eigenvalue weighted by Gasteiger charge is 2.25. The Morgan fingerprint density at radius 3 is 3.11 bits per heavy atom. The minimum atomic E-state index is 0.468. The maximum atomic E-state index is 6.03. The summed E-state index contributed by atoms with van der Waals surface area (Å²) in [5, 5.41) is 2.90. The predicted octanol–water partition coefficient (Wildman–Crippen LogP) is 3.25. The van der Waals surface area contributed by atoms with E-state index in [1.54, 1.807) is 6.20 Å². The van der Waals surface area contributed by atoms with Gasteiger partial charge in [0.25, 0.3) is 0 Å². The van der Waals surface area contributed by atoms with Gasteiger partial charge in [-0.1, -0.05) is 11.6 Å². The first kappa shape index (κ1) is 12.2. The molecule has 0 aliphatic carbocycles. The van der Waals surface area contributed by atoms with Crippen molar-refractivity contribution < 1.29 is 0 Å². The van der Waals surface area contributed by atoms with Crippen LogP contribution in [0.5, 0.6) is 0 Å². The van der Waals surface area contributed by atoms with Gasteiger partial charge >= 0.3 is 0 Å². The lowest BCUT2D eigenvalue weighted by atomic mass is 10.0. The van der Waals surface area contributed by atoms with Crippen molar-refractivity contribution in [3.8, 4) is 0 Å². The molecule has 0 amide bonds. The molecule has 18 heavy (non-hydrogen) atoms. The molecule has 0 radical (unpaired) electrons. The molecule has 1 aliphatic heterocycles. The second-order valence-corrected chi connectivity index (χ2v) is 6.14. The zero-order valence-electron chi connectivity index (χ0n) is 10.6. The van der Waals surface area contributed by atoms with Gasteiger partial charge in [-0.25, -0.2) is 4.98 Å². The van der Waals surface area contributed by atoms with Crippen molar-refractivity contribution in [1.82, 2.24) is 14.5 Å². The Bertz CT molecular complexity index is 560. The summed E-state index contributed by atoms with van der Waals surface area (Å²) in [7, 11) is 1.97. The van der Waals surface area contributed by atoms with Crippen LogP contribution in [-0.2, 0) is 20.0 Å². The van der Waals surface area contributed by atoms with Crippen LogP contribution in [0.2, 0.25) is 5.15 Å². The number of thiophene rings is 1. The topological polar surface area (TPSA) is 21.1 Å².